The topological polar surface area (TPSA) is 35.0 Å². The van der Waals surface area contributed by atoms with Crippen molar-refractivity contribution in [3.63, 3.8) is 0 Å². The summed E-state index contributed by atoms with van der Waals surface area (Å²) >= 11 is 6.15. The highest BCUT2D eigenvalue weighted by Gasteiger charge is 2.10. The highest BCUT2D eigenvalue weighted by atomic mass is 35.5. The van der Waals surface area contributed by atoms with Crippen molar-refractivity contribution in [3.8, 4) is 16.9 Å². The van der Waals surface area contributed by atoms with Crippen LogP contribution in [0.25, 0.3) is 22.0 Å². The summed E-state index contributed by atoms with van der Waals surface area (Å²) in [5, 5.41) is 9.11. The van der Waals surface area contributed by atoms with Crippen LogP contribution >= 0.6 is 11.6 Å². The molecule has 0 aliphatic carbocycles. The van der Waals surface area contributed by atoms with E-state index in [9.17, 15) is 4.39 Å². The van der Waals surface area contributed by atoms with E-state index in [0.29, 0.717) is 16.3 Å². The molecule has 100 valence electrons. The van der Waals surface area contributed by atoms with E-state index in [2.05, 4.69) is 10.2 Å². The fourth-order valence-corrected chi connectivity index (χ4v) is 2.25. The molecule has 3 nitrogen and oxygen atoms in total. The lowest BCUT2D eigenvalue weighted by atomic mass is 10.0. The van der Waals surface area contributed by atoms with Crippen LogP contribution in [0, 0.1) is 5.82 Å². The Morgan fingerprint density at radius 2 is 1.85 bits per heavy atom. The minimum absolute atomic E-state index is 0.273. The molecular weight excluding hydrogens is 279 g/mol. The molecule has 0 spiro atoms. The number of rotatable bonds is 2. The summed E-state index contributed by atoms with van der Waals surface area (Å²) in [6.07, 6.45) is 1.48. The van der Waals surface area contributed by atoms with Crippen molar-refractivity contribution in [2.75, 3.05) is 7.11 Å². The third-order valence-electron chi connectivity index (χ3n) is 3.06. The Kier molecular flexibility index (Phi) is 3.24. The highest BCUT2D eigenvalue weighted by molar-refractivity contribution is 6.35. The maximum Gasteiger partial charge on any atom is 0.147 e. The molecule has 1 aromatic heterocycles. The Bertz CT molecular complexity index is 775. The molecule has 5 heteroatoms. The van der Waals surface area contributed by atoms with Crippen molar-refractivity contribution in [2.45, 2.75) is 0 Å². The van der Waals surface area contributed by atoms with Gasteiger partial charge in [0, 0.05) is 5.39 Å². The summed E-state index contributed by atoms with van der Waals surface area (Å²) in [5.74, 6) is 0.308. The van der Waals surface area contributed by atoms with Gasteiger partial charge in [-0.25, -0.2) is 4.39 Å². The molecule has 1 heterocycles. The molecule has 20 heavy (non-hydrogen) atoms. The van der Waals surface area contributed by atoms with Crippen LogP contribution in [0.1, 0.15) is 0 Å². The zero-order valence-corrected chi connectivity index (χ0v) is 11.4. The number of halogens is 2. The van der Waals surface area contributed by atoms with Gasteiger partial charge in [-0.15, -0.1) is 5.10 Å². The average Bonchev–Trinajstić information content (AvgIpc) is 2.47. The van der Waals surface area contributed by atoms with E-state index < -0.39 is 0 Å². The predicted molar refractivity (Wildman–Crippen MR) is 76.5 cm³/mol. The number of hydrogen-bond acceptors (Lipinski definition) is 3. The van der Waals surface area contributed by atoms with Crippen LogP contribution in [0.4, 0.5) is 4.39 Å². The number of nitrogens with zero attached hydrogens (tertiary/aromatic N) is 2. The Labute approximate surface area is 120 Å². The fraction of sp³-hybridized carbons (Fsp3) is 0.0667. The molecule has 0 N–H and O–H groups in total. The quantitative estimate of drug-likeness (QED) is 0.712. The smallest absolute Gasteiger partial charge is 0.147 e. The maximum atomic E-state index is 13.0. The summed E-state index contributed by atoms with van der Waals surface area (Å²) in [6.45, 7) is 0. The van der Waals surface area contributed by atoms with Crippen LogP contribution in [0.5, 0.6) is 5.75 Å². The Morgan fingerprint density at radius 3 is 2.55 bits per heavy atom. The van der Waals surface area contributed by atoms with E-state index in [1.54, 1.807) is 19.2 Å². The van der Waals surface area contributed by atoms with E-state index in [1.807, 2.05) is 12.1 Å². The van der Waals surface area contributed by atoms with Crippen molar-refractivity contribution in [1.82, 2.24) is 10.2 Å². The normalized spacial score (nSPS) is 10.8. The molecule has 0 saturated carbocycles. The molecule has 0 aliphatic rings. The lowest BCUT2D eigenvalue weighted by Crippen LogP contribution is -1.92. The van der Waals surface area contributed by atoms with Crippen LogP contribution in [-0.2, 0) is 0 Å². The number of aromatic nitrogens is 2. The van der Waals surface area contributed by atoms with E-state index in [-0.39, 0.29) is 5.82 Å². The van der Waals surface area contributed by atoms with E-state index in [1.165, 1.54) is 18.3 Å². The summed E-state index contributed by atoms with van der Waals surface area (Å²) in [5.41, 5.74) is 2.36. The van der Waals surface area contributed by atoms with E-state index in [4.69, 9.17) is 16.3 Å². The van der Waals surface area contributed by atoms with Gasteiger partial charge < -0.3 is 4.74 Å². The lowest BCUT2D eigenvalue weighted by Gasteiger charge is -2.09. The first kappa shape index (κ1) is 12.8. The van der Waals surface area contributed by atoms with Crippen LogP contribution in [-0.4, -0.2) is 17.3 Å². The standard InChI is InChI=1S/C15H10ClFN2O/c1-20-14-7-10(9-2-4-11(17)5-3-9)6-12-13(16)8-18-19-15(12)14/h2-8H,1H3. The van der Waals surface area contributed by atoms with Crippen molar-refractivity contribution < 1.29 is 9.13 Å². The highest BCUT2D eigenvalue weighted by Crippen LogP contribution is 2.34. The number of benzene rings is 2. The summed E-state index contributed by atoms with van der Waals surface area (Å²) < 4.78 is 18.3. The summed E-state index contributed by atoms with van der Waals surface area (Å²) in [4.78, 5) is 0. The zero-order chi connectivity index (χ0) is 14.1. The molecule has 3 rings (SSSR count). The Balaban J connectivity index is 2.27. The van der Waals surface area contributed by atoms with E-state index in [0.717, 1.165) is 16.5 Å². The third kappa shape index (κ3) is 2.18. The van der Waals surface area contributed by atoms with Gasteiger partial charge in [-0.2, -0.15) is 5.10 Å². The van der Waals surface area contributed by atoms with Gasteiger partial charge in [0.25, 0.3) is 0 Å². The largest absolute Gasteiger partial charge is 0.494 e. The van der Waals surface area contributed by atoms with Gasteiger partial charge in [0.05, 0.1) is 18.3 Å². The molecule has 0 radical (unpaired) electrons. The van der Waals surface area contributed by atoms with Crippen molar-refractivity contribution in [1.29, 1.82) is 0 Å². The minimum Gasteiger partial charge on any atom is -0.494 e. The van der Waals surface area contributed by atoms with Crippen molar-refractivity contribution in [3.05, 3.63) is 53.4 Å². The van der Waals surface area contributed by atoms with Gasteiger partial charge in [0.2, 0.25) is 0 Å². The molecule has 3 aromatic rings. The average molecular weight is 289 g/mol. The van der Waals surface area contributed by atoms with E-state index >= 15 is 0 Å². The third-order valence-corrected chi connectivity index (χ3v) is 3.36. The number of fused-ring (bicyclic) bond motifs is 1. The summed E-state index contributed by atoms with van der Waals surface area (Å²) in [7, 11) is 1.56. The van der Waals surface area contributed by atoms with Crippen LogP contribution in [0.3, 0.4) is 0 Å². The Hall–Kier alpha value is -2.20. The van der Waals surface area contributed by atoms with Gasteiger partial charge in [-0.05, 0) is 35.4 Å². The molecule has 0 saturated heterocycles. The van der Waals surface area contributed by atoms with Gasteiger partial charge in [-0.1, -0.05) is 23.7 Å². The van der Waals surface area contributed by atoms with Crippen LogP contribution < -0.4 is 4.74 Å². The first-order valence-electron chi connectivity index (χ1n) is 5.94. The van der Waals surface area contributed by atoms with Gasteiger partial charge in [0.1, 0.15) is 17.1 Å². The SMILES string of the molecule is COc1cc(-c2ccc(F)cc2)cc2c(Cl)cnnc12. The monoisotopic (exact) mass is 288 g/mol. The molecule has 0 unspecified atom stereocenters. The van der Waals surface area contributed by atoms with Gasteiger partial charge >= 0.3 is 0 Å². The molecule has 2 aromatic carbocycles. The van der Waals surface area contributed by atoms with Crippen molar-refractivity contribution >= 4 is 22.5 Å². The minimum atomic E-state index is -0.273. The predicted octanol–water partition coefficient (Wildman–Crippen LogP) is 4.10. The van der Waals surface area contributed by atoms with Crippen molar-refractivity contribution in [2.24, 2.45) is 0 Å². The lowest BCUT2D eigenvalue weighted by molar-refractivity contribution is 0.418. The second-order valence-corrected chi connectivity index (χ2v) is 4.68. The first-order chi connectivity index (χ1) is 9.69. The number of ether oxygens (including phenoxy) is 1. The number of hydrogen-bond donors (Lipinski definition) is 0. The molecule has 0 bridgehead atoms. The first-order valence-corrected chi connectivity index (χ1v) is 6.31. The van der Waals surface area contributed by atoms with Gasteiger partial charge in [0.15, 0.2) is 0 Å². The number of methoxy groups -OCH3 is 1. The molecule has 0 amide bonds. The molecule has 0 aliphatic heterocycles. The fourth-order valence-electron chi connectivity index (χ4n) is 2.06. The Morgan fingerprint density at radius 1 is 1.10 bits per heavy atom. The molecule has 0 fully saturated rings. The van der Waals surface area contributed by atoms with Crippen LogP contribution in [0.2, 0.25) is 5.02 Å². The molecule has 0 atom stereocenters. The molecular formula is C15H10ClFN2O. The zero-order valence-electron chi connectivity index (χ0n) is 10.6. The second kappa shape index (κ2) is 5.06. The second-order valence-electron chi connectivity index (χ2n) is 4.27. The summed E-state index contributed by atoms with van der Waals surface area (Å²) in [6, 6.07) is 9.97. The maximum absolute atomic E-state index is 13.0. The van der Waals surface area contributed by atoms with Crippen LogP contribution in [0.15, 0.2) is 42.6 Å². The van der Waals surface area contributed by atoms with Gasteiger partial charge in [-0.3, -0.25) is 0 Å².